The zero-order valence-corrected chi connectivity index (χ0v) is 19.6. The fourth-order valence-corrected chi connectivity index (χ4v) is 5.17. The third kappa shape index (κ3) is 6.01. The molecule has 1 N–H and O–H groups in total. The van der Waals surface area contributed by atoms with Crippen LogP contribution in [0.3, 0.4) is 0 Å². The molecule has 0 radical (unpaired) electrons. The lowest BCUT2D eigenvalue weighted by Crippen LogP contribution is -2.35. The molecule has 0 saturated carbocycles. The molecule has 0 unspecified atom stereocenters. The predicted octanol–water partition coefficient (Wildman–Crippen LogP) is 3.98. The first-order chi connectivity index (χ1) is 15.5. The summed E-state index contributed by atoms with van der Waals surface area (Å²) < 4.78 is 38.5. The molecule has 2 aromatic carbocycles. The van der Waals surface area contributed by atoms with E-state index in [1.54, 1.807) is 25.3 Å². The Morgan fingerprint density at radius 1 is 1.06 bits per heavy atom. The summed E-state index contributed by atoms with van der Waals surface area (Å²) in [5.74, 6) is 0.956. The molecule has 32 heavy (non-hydrogen) atoms. The average molecular weight is 461 g/mol. The van der Waals surface area contributed by atoms with Gasteiger partial charge < -0.3 is 14.8 Å². The van der Waals surface area contributed by atoms with E-state index in [4.69, 9.17) is 9.47 Å². The molecule has 3 rings (SSSR count). The van der Waals surface area contributed by atoms with Crippen molar-refractivity contribution in [2.24, 2.45) is 0 Å². The fourth-order valence-electron chi connectivity index (χ4n) is 3.60. The number of carbonyl (C=O) groups excluding carboxylic acids is 1. The monoisotopic (exact) mass is 460 g/mol. The van der Waals surface area contributed by atoms with Crippen LogP contribution >= 0.6 is 0 Å². The van der Waals surface area contributed by atoms with Gasteiger partial charge in [0.2, 0.25) is 10.0 Å². The maximum absolute atomic E-state index is 12.9. The molecule has 1 heterocycles. The molecule has 0 spiro atoms. The second-order valence-corrected chi connectivity index (χ2v) is 9.80. The van der Waals surface area contributed by atoms with Crippen LogP contribution in [0.25, 0.3) is 0 Å². The number of unbranched alkanes of at least 4 members (excludes halogenated alkanes) is 1. The largest absolute Gasteiger partial charge is 0.493 e. The predicted molar refractivity (Wildman–Crippen MR) is 124 cm³/mol. The zero-order valence-electron chi connectivity index (χ0n) is 18.8. The van der Waals surface area contributed by atoms with Crippen LogP contribution in [0, 0.1) is 0 Å². The fraction of sp³-hybridized carbons (Fsp3) is 0.458. The van der Waals surface area contributed by atoms with Gasteiger partial charge in [0.25, 0.3) is 5.91 Å². The Labute approximate surface area is 190 Å². The molecule has 1 saturated heterocycles. The second kappa shape index (κ2) is 11.3. The number of piperidine rings is 1. The molecule has 0 atom stereocenters. The number of sulfonamides is 1. The van der Waals surface area contributed by atoms with Crippen LogP contribution in [0.15, 0.2) is 47.4 Å². The highest BCUT2D eigenvalue weighted by Crippen LogP contribution is 2.28. The van der Waals surface area contributed by atoms with E-state index < -0.39 is 10.0 Å². The van der Waals surface area contributed by atoms with Crippen molar-refractivity contribution in [3.8, 4) is 11.5 Å². The number of methoxy groups -OCH3 is 1. The van der Waals surface area contributed by atoms with Gasteiger partial charge in [-0.2, -0.15) is 4.31 Å². The minimum atomic E-state index is -3.59. The van der Waals surface area contributed by atoms with Crippen molar-refractivity contribution in [3.63, 3.8) is 0 Å². The maximum Gasteiger partial charge on any atom is 0.251 e. The third-order valence-electron chi connectivity index (χ3n) is 5.49. The first-order valence-electron chi connectivity index (χ1n) is 11.1. The molecule has 0 aromatic heterocycles. The van der Waals surface area contributed by atoms with Crippen molar-refractivity contribution < 1.29 is 22.7 Å². The summed E-state index contributed by atoms with van der Waals surface area (Å²) in [5.41, 5.74) is 1.17. The number of hydrogen-bond acceptors (Lipinski definition) is 5. The van der Waals surface area contributed by atoms with Crippen LogP contribution in [0.5, 0.6) is 11.5 Å². The normalized spacial score (nSPS) is 14.7. The Morgan fingerprint density at radius 3 is 2.56 bits per heavy atom. The summed E-state index contributed by atoms with van der Waals surface area (Å²) >= 11 is 0. The van der Waals surface area contributed by atoms with Crippen LogP contribution in [0.2, 0.25) is 0 Å². The van der Waals surface area contributed by atoms with E-state index in [0.717, 1.165) is 37.7 Å². The van der Waals surface area contributed by atoms with Gasteiger partial charge in [0.1, 0.15) is 0 Å². The smallest absolute Gasteiger partial charge is 0.251 e. The molecule has 1 fully saturated rings. The van der Waals surface area contributed by atoms with E-state index in [2.05, 4.69) is 12.2 Å². The number of carbonyl (C=O) groups is 1. The van der Waals surface area contributed by atoms with Crippen LogP contribution < -0.4 is 14.8 Å². The molecule has 0 bridgehead atoms. The molecule has 1 amide bonds. The molecule has 174 valence electrons. The number of rotatable bonds is 10. The molecule has 8 heteroatoms. The van der Waals surface area contributed by atoms with E-state index in [-0.39, 0.29) is 17.3 Å². The van der Waals surface area contributed by atoms with Crippen LogP contribution in [0.1, 0.15) is 54.9 Å². The van der Waals surface area contributed by atoms with Crippen LogP contribution in [0.4, 0.5) is 0 Å². The number of amides is 1. The van der Waals surface area contributed by atoms with Gasteiger partial charge in [-0.05, 0) is 55.2 Å². The SMILES string of the molecule is CCCCOc1ccc(CNC(=O)c2cccc(S(=O)(=O)N3CCCCC3)c2)cc1OC. The van der Waals surface area contributed by atoms with Gasteiger partial charge in [-0.3, -0.25) is 4.79 Å². The van der Waals surface area contributed by atoms with Gasteiger partial charge in [0.05, 0.1) is 18.6 Å². The zero-order chi connectivity index (χ0) is 23.0. The quantitative estimate of drug-likeness (QED) is 0.542. The summed E-state index contributed by atoms with van der Waals surface area (Å²) in [4.78, 5) is 12.8. The van der Waals surface area contributed by atoms with Gasteiger partial charge in [0.15, 0.2) is 11.5 Å². The van der Waals surface area contributed by atoms with Crippen molar-refractivity contribution in [2.45, 2.75) is 50.5 Å². The van der Waals surface area contributed by atoms with E-state index in [1.165, 1.54) is 10.4 Å². The Balaban J connectivity index is 1.66. The van der Waals surface area contributed by atoms with Crippen LogP contribution in [-0.2, 0) is 16.6 Å². The molecular formula is C24H32N2O5S. The Morgan fingerprint density at radius 2 is 1.84 bits per heavy atom. The van der Waals surface area contributed by atoms with E-state index >= 15 is 0 Å². The van der Waals surface area contributed by atoms with Crippen molar-refractivity contribution in [2.75, 3.05) is 26.8 Å². The number of ether oxygens (including phenoxy) is 2. The van der Waals surface area contributed by atoms with Crippen molar-refractivity contribution >= 4 is 15.9 Å². The lowest BCUT2D eigenvalue weighted by molar-refractivity contribution is 0.0950. The maximum atomic E-state index is 12.9. The van der Waals surface area contributed by atoms with Gasteiger partial charge in [-0.15, -0.1) is 0 Å². The van der Waals surface area contributed by atoms with E-state index in [9.17, 15) is 13.2 Å². The average Bonchev–Trinajstić information content (AvgIpc) is 2.83. The highest BCUT2D eigenvalue weighted by Gasteiger charge is 2.26. The summed E-state index contributed by atoms with van der Waals surface area (Å²) in [5, 5.41) is 2.85. The number of nitrogens with zero attached hydrogens (tertiary/aromatic N) is 1. The van der Waals surface area contributed by atoms with Crippen LogP contribution in [-0.4, -0.2) is 45.4 Å². The number of nitrogens with one attached hydrogen (secondary N) is 1. The Bertz CT molecular complexity index is 1020. The lowest BCUT2D eigenvalue weighted by Gasteiger charge is -2.26. The summed E-state index contributed by atoms with van der Waals surface area (Å²) in [6.45, 7) is 4.07. The number of hydrogen-bond donors (Lipinski definition) is 1. The van der Waals surface area contributed by atoms with Crippen molar-refractivity contribution in [1.29, 1.82) is 0 Å². The second-order valence-electron chi connectivity index (χ2n) is 7.86. The molecule has 0 aliphatic carbocycles. The molecule has 2 aromatic rings. The Hall–Kier alpha value is -2.58. The standard InChI is InChI=1S/C24H32N2O5S/c1-3-4-15-31-22-12-11-19(16-23(22)30-2)18-25-24(27)20-9-8-10-21(17-20)32(28,29)26-13-6-5-7-14-26/h8-12,16-17H,3-7,13-15,18H2,1-2H3,(H,25,27). The molecule has 1 aliphatic rings. The first-order valence-corrected chi connectivity index (χ1v) is 12.6. The summed E-state index contributed by atoms with van der Waals surface area (Å²) in [6, 6.07) is 11.8. The van der Waals surface area contributed by atoms with E-state index in [1.807, 2.05) is 18.2 Å². The summed E-state index contributed by atoms with van der Waals surface area (Å²) in [7, 11) is -2.00. The third-order valence-corrected chi connectivity index (χ3v) is 7.38. The van der Waals surface area contributed by atoms with Gasteiger partial charge in [0, 0.05) is 25.2 Å². The lowest BCUT2D eigenvalue weighted by atomic mass is 10.1. The molecule has 7 nitrogen and oxygen atoms in total. The Kier molecular flexibility index (Phi) is 8.53. The first kappa shape index (κ1) is 24.1. The van der Waals surface area contributed by atoms with Gasteiger partial charge >= 0.3 is 0 Å². The minimum absolute atomic E-state index is 0.155. The van der Waals surface area contributed by atoms with Gasteiger partial charge in [-0.1, -0.05) is 31.9 Å². The van der Waals surface area contributed by atoms with E-state index in [0.29, 0.717) is 36.8 Å². The minimum Gasteiger partial charge on any atom is -0.493 e. The highest BCUT2D eigenvalue weighted by atomic mass is 32.2. The number of benzene rings is 2. The van der Waals surface area contributed by atoms with Gasteiger partial charge in [-0.25, -0.2) is 8.42 Å². The molecule has 1 aliphatic heterocycles. The highest BCUT2D eigenvalue weighted by molar-refractivity contribution is 7.89. The van der Waals surface area contributed by atoms with Crippen molar-refractivity contribution in [1.82, 2.24) is 9.62 Å². The summed E-state index contributed by atoms with van der Waals surface area (Å²) in [6.07, 6.45) is 4.79. The topological polar surface area (TPSA) is 84.9 Å². The van der Waals surface area contributed by atoms with Crippen molar-refractivity contribution in [3.05, 3.63) is 53.6 Å². The molecular weight excluding hydrogens is 428 g/mol.